The third-order valence-electron chi connectivity index (χ3n) is 5.16. The number of aliphatic hydroxyl groups is 2. The highest BCUT2D eigenvalue weighted by atomic mass is 16.3. The van der Waals surface area contributed by atoms with Crippen LogP contribution < -0.4 is 5.32 Å². The Balaban J connectivity index is 1.43. The lowest BCUT2D eigenvalue weighted by Crippen LogP contribution is -2.28. The summed E-state index contributed by atoms with van der Waals surface area (Å²) in [4.78, 5) is 8.60. The summed E-state index contributed by atoms with van der Waals surface area (Å²) < 4.78 is 2.17. The van der Waals surface area contributed by atoms with Crippen LogP contribution in [0.5, 0.6) is 0 Å². The molecule has 0 bridgehead atoms. The summed E-state index contributed by atoms with van der Waals surface area (Å²) in [6.45, 7) is 0.742. The first-order valence-corrected chi connectivity index (χ1v) is 9.30. The maximum atomic E-state index is 10.5. The van der Waals surface area contributed by atoms with Crippen LogP contribution in [-0.2, 0) is 13.2 Å². The fourth-order valence-electron chi connectivity index (χ4n) is 3.87. The van der Waals surface area contributed by atoms with Gasteiger partial charge in [-0.1, -0.05) is 30.3 Å². The number of anilines is 1. The highest BCUT2D eigenvalue weighted by molar-refractivity contribution is 5.55. The number of hydrogen-bond donors (Lipinski definition) is 3. The minimum atomic E-state index is -0.399. The number of nitrogens with zero attached hydrogens (tertiary/aromatic N) is 3. The van der Waals surface area contributed by atoms with Crippen LogP contribution in [0.15, 0.2) is 61.1 Å². The number of pyridine rings is 1. The van der Waals surface area contributed by atoms with Gasteiger partial charge >= 0.3 is 0 Å². The first-order chi connectivity index (χ1) is 13.2. The summed E-state index contributed by atoms with van der Waals surface area (Å²) in [7, 11) is 0. The molecule has 1 aliphatic carbocycles. The van der Waals surface area contributed by atoms with Crippen LogP contribution in [-0.4, -0.2) is 36.9 Å². The quantitative estimate of drug-likeness (QED) is 0.626. The predicted octanol–water partition coefficient (Wildman–Crippen LogP) is 2.69. The number of nitrogens with one attached hydrogen (secondary N) is 1. The molecule has 1 fully saturated rings. The molecule has 140 valence electrons. The third-order valence-corrected chi connectivity index (χ3v) is 5.16. The molecule has 0 aliphatic heterocycles. The molecule has 2 aromatic heterocycles. The molecular weight excluding hydrogens is 340 g/mol. The largest absolute Gasteiger partial charge is 0.391 e. The van der Waals surface area contributed by atoms with Crippen LogP contribution in [0, 0.1) is 5.92 Å². The van der Waals surface area contributed by atoms with Crippen molar-refractivity contribution in [3.05, 3.63) is 66.7 Å². The molecule has 0 spiro atoms. The lowest BCUT2D eigenvalue weighted by Gasteiger charge is -2.18. The van der Waals surface area contributed by atoms with E-state index in [1.807, 2.05) is 42.7 Å². The van der Waals surface area contributed by atoms with Gasteiger partial charge in [-0.25, -0.2) is 4.98 Å². The molecule has 3 atom stereocenters. The van der Waals surface area contributed by atoms with Crippen LogP contribution >= 0.6 is 0 Å². The first kappa shape index (κ1) is 17.7. The Kier molecular flexibility index (Phi) is 5.18. The van der Waals surface area contributed by atoms with Gasteiger partial charge in [0, 0.05) is 36.4 Å². The van der Waals surface area contributed by atoms with Gasteiger partial charge in [0.2, 0.25) is 0 Å². The molecule has 4 rings (SSSR count). The van der Waals surface area contributed by atoms with Gasteiger partial charge in [0.15, 0.2) is 0 Å². The summed E-state index contributed by atoms with van der Waals surface area (Å²) in [6, 6.07) is 13.8. The Hall–Kier alpha value is -2.70. The van der Waals surface area contributed by atoms with Gasteiger partial charge in [-0.3, -0.25) is 4.98 Å². The maximum Gasteiger partial charge on any atom is 0.139 e. The van der Waals surface area contributed by atoms with Crippen molar-refractivity contribution in [2.75, 3.05) is 5.32 Å². The van der Waals surface area contributed by atoms with Gasteiger partial charge in [-0.05, 0) is 30.9 Å². The molecule has 3 N–H and O–H groups in total. The molecule has 2 heterocycles. The van der Waals surface area contributed by atoms with E-state index in [9.17, 15) is 10.2 Å². The zero-order valence-electron chi connectivity index (χ0n) is 15.1. The second-order valence-corrected chi connectivity index (χ2v) is 7.12. The van der Waals surface area contributed by atoms with E-state index in [0.717, 1.165) is 36.5 Å². The summed E-state index contributed by atoms with van der Waals surface area (Å²) in [5.41, 5.74) is 2.60. The molecule has 0 saturated heterocycles. The van der Waals surface area contributed by atoms with Crippen molar-refractivity contribution in [3.8, 4) is 11.4 Å². The number of aliphatic hydroxyl groups excluding tert-OH is 2. The normalized spacial score (nSPS) is 22.1. The van der Waals surface area contributed by atoms with Gasteiger partial charge in [-0.15, -0.1) is 0 Å². The van der Waals surface area contributed by atoms with Crippen molar-refractivity contribution >= 4 is 5.69 Å². The van der Waals surface area contributed by atoms with E-state index >= 15 is 0 Å². The molecular formula is C21H24N4O2. The van der Waals surface area contributed by atoms with Gasteiger partial charge < -0.3 is 20.1 Å². The zero-order chi connectivity index (χ0) is 18.6. The number of benzene rings is 1. The summed E-state index contributed by atoms with van der Waals surface area (Å²) >= 11 is 0. The average Bonchev–Trinajstić information content (AvgIpc) is 3.29. The van der Waals surface area contributed by atoms with Crippen LogP contribution in [0.3, 0.4) is 0 Å². The van der Waals surface area contributed by atoms with Crippen molar-refractivity contribution in [2.45, 2.75) is 38.1 Å². The fraction of sp³-hybridized carbons (Fsp3) is 0.333. The summed E-state index contributed by atoms with van der Waals surface area (Å²) in [6.07, 6.45) is 6.74. The molecule has 0 amide bonds. The van der Waals surface area contributed by atoms with Crippen LogP contribution in [0.1, 0.15) is 18.5 Å². The molecule has 27 heavy (non-hydrogen) atoms. The summed E-state index contributed by atoms with van der Waals surface area (Å²) in [5.74, 6) is 1.33. The highest BCUT2D eigenvalue weighted by Gasteiger charge is 2.33. The van der Waals surface area contributed by atoms with Gasteiger partial charge in [0.05, 0.1) is 24.4 Å². The van der Waals surface area contributed by atoms with E-state index < -0.39 is 6.10 Å². The number of hydrogen-bond acceptors (Lipinski definition) is 5. The molecule has 1 unspecified atom stereocenters. The number of rotatable bonds is 6. The number of imidazole rings is 1. The molecule has 0 radical (unpaired) electrons. The van der Waals surface area contributed by atoms with Crippen LogP contribution in [0.25, 0.3) is 11.4 Å². The molecule has 1 aromatic carbocycles. The average molecular weight is 364 g/mol. The van der Waals surface area contributed by atoms with Crippen molar-refractivity contribution in [1.29, 1.82) is 0 Å². The third kappa shape index (κ3) is 4.02. The zero-order valence-corrected chi connectivity index (χ0v) is 15.1. The van der Waals surface area contributed by atoms with E-state index in [2.05, 4.69) is 32.0 Å². The van der Waals surface area contributed by atoms with E-state index in [0.29, 0.717) is 11.6 Å². The van der Waals surface area contributed by atoms with E-state index in [1.165, 1.54) is 0 Å². The molecule has 1 saturated carbocycles. The van der Waals surface area contributed by atoms with E-state index in [-0.39, 0.29) is 12.6 Å². The Morgan fingerprint density at radius 1 is 1.07 bits per heavy atom. The van der Waals surface area contributed by atoms with Gasteiger partial charge in [0.25, 0.3) is 0 Å². The minimum absolute atomic E-state index is 0.00682. The van der Waals surface area contributed by atoms with E-state index in [4.69, 9.17) is 0 Å². The van der Waals surface area contributed by atoms with E-state index in [1.54, 1.807) is 6.20 Å². The van der Waals surface area contributed by atoms with Gasteiger partial charge in [-0.2, -0.15) is 0 Å². The smallest absolute Gasteiger partial charge is 0.139 e. The van der Waals surface area contributed by atoms with Crippen molar-refractivity contribution in [3.63, 3.8) is 0 Å². The van der Waals surface area contributed by atoms with Gasteiger partial charge in [0.1, 0.15) is 5.82 Å². The van der Waals surface area contributed by atoms with Crippen molar-refractivity contribution in [1.82, 2.24) is 14.5 Å². The molecule has 3 aromatic rings. The maximum absolute atomic E-state index is 10.5. The Morgan fingerprint density at radius 2 is 1.93 bits per heavy atom. The van der Waals surface area contributed by atoms with Crippen molar-refractivity contribution in [2.24, 2.45) is 5.92 Å². The predicted molar refractivity (Wildman–Crippen MR) is 104 cm³/mol. The highest BCUT2D eigenvalue weighted by Crippen LogP contribution is 2.31. The summed E-state index contributed by atoms with van der Waals surface area (Å²) in [5, 5.41) is 23.1. The number of aromatic nitrogens is 3. The molecule has 6 nitrogen and oxygen atoms in total. The Bertz CT molecular complexity index is 881. The second kappa shape index (κ2) is 7.90. The van der Waals surface area contributed by atoms with Crippen LogP contribution in [0.2, 0.25) is 0 Å². The lowest BCUT2D eigenvalue weighted by atomic mass is 10.1. The lowest BCUT2D eigenvalue weighted by molar-refractivity contribution is 0.166. The monoisotopic (exact) mass is 364 g/mol. The molecule has 1 aliphatic rings. The second-order valence-electron chi connectivity index (χ2n) is 7.12. The van der Waals surface area contributed by atoms with Crippen molar-refractivity contribution < 1.29 is 10.2 Å². The SMILES string of the molecule is OCc1cc(N[C@@H]2CC(Cn3ccnc3-c3ccccc3)C[C@H]2O)ccn1. The topological polar surface area (TPSA) is 83.2 Å². The first-order valence-electron chi connectivity index (χ1n) is 9.30. The van der Waals surface area contributed by atoms with Crippen LogP contribution in [0.4, 0.5) is 5.69 Å². The minimum Gasteiger partial charge on any atom is -0.391 e. The Morgan fingerprint density at radius 3 is 2.74 bits per heavy atom. The molecule has 6 heteroatoms. The fourth-order valence-corrected chi connectivity index (χ4v) is 3.87. The standard InChI is InChI=1S/C21H24N4O2/c26-14-18-12-17(6-7-22-18)24-19-10-15(11-20(19)27)13-25-9-8-23-21(25)16-4-2-1-3-5-16/h1-9,12,15,19-20,26-27H,10-11,13-14H2,(H,22,24)/t15?,19-,20-/m1/s1. The Labute approximate surface area is 158 Å².